The number of hydrogen-bond acceptors (Lipinski definition) is 2. The number of hydrogen-bond donors (Lipinski definition) is 1. The Morgan fingerprint density at radius 3 is 2.89 bits per heavy atom. The molecular formula is C17H13N2. The Labute approximate surface area is 112 Å². The molecule has 2 heterocycles. The summed E-state index contributed by atoms with van der Waals surface area (Å²) in [6, 6.07) is 19.1. The molecule has 1 radical (unpaired) electrons. The lowest BCUT2D eigenvalue weighted by Gasteiger charge is -2.12. The molecule has 2 aromatic carbocycles. The minimum atomic E-state index is 0.216. The molecule has 0 bridgehead atoms. The number of fused-ring (bicyclic) bond motifs is 2. The highest BCUT2D eigenvalue weighted by Crippen LogP contribution is 2.31. The van der Waals surface area contributed by atoms with Gasteiger partial charge in [0.2, 0.25) is 0 Å². The van der Waals surface area contributed by atoms with Crippen LogP contribution in [0.4, 0.5) is 0 Å². The van der Waals surface area contributed by atoms with Gasteiger partial charge in [-0.2, -0.15) is 0 Å². The summed E-state index contributed by atoms with van der Waals surface area (Å²) in [5, 5.41) is 4.70. The molecule has 0 saturated heterocycles. The van der Waals surface area contributed by atoms with E-state index in [1.807, 2.05) is 18.2 Å². The normalized spacial score (nSPS) is 17.6. The largest absolute Gasteiger partial charge is 0.302 e. The van der Waals surface area contributed by atoms with Crippen LogP contribution in [0.25, 0.3) is 10.9 Å². The number of benzene rings is 2. The van der Waals surface area contributed by atoms with Gasteiger partial charge in [-0.05, 0) is 23.3 Å². The molecular weight excluding hydrogens is 232 g/mol. The molecule has 0 saturated carbocycles. The summed E-state index contributed by atoms with van der Waals surface area (Å²) >= 11 is 0. The van der Waals surface area contributed by atoms with Crippen molar-refractivity contribution in [1.82, 2.24) is 10.3 Å². The molecule has 1 aliphatic rings. The Balaban J connectivity index is 1.83. The lowest BCUT2D eigenvalue weighted by atomic mass is 9.99. The van der Waals surface area contributed by atoms with Crippen molar-refractivity contribution in [1.29, 1.82) is 0 Å². The zero-order valence-electron chi connectivity index (χ0n) is 10.4. The van der Waals surface area contributed by atoms with Crippen LogP contribution in [0.5, 0.6) is 0 Å². The van der Waals surface area contributed by atoms with E-state index in [1.54, 1.807) is 0 Å². The minimum absolute atomic E-state index is 0.216. The van der Waals surface area contributed by atoms with Gasteiger partial charge in [-0.3, -0.25) is 0 Å². The molecule has 1 aliphatic heterocycles. The molecule has 4 rings (SSSR count). The summed E-state index contributed by atoms with van der Waals surface area (Å²) in [5.41, 5.74) is 4.83. The SMILES string of the molecule is [c]1nc2ccccc2cc1C1NCc2ccccc21. The first-order valence-electron chi connectivity index (χ1n) is 6.50. The Morgan fingerprint density at radius 2 is 1.89 bits per heavy atom. The quantitative estimate of drug-likeness (QED) is 0.712. The van der Waals surface area contributed by atoms with Crippen LogP contribution in [0, 0.1) is 6.20 Å². The van der Waals surface area contributed by atoms with Crippen LogP contribution in [-0.4, -0.2) is 4.98 Å². The predicted molar refractivity (Wildman–Crippen MR) is 75.7 cm³/mol. The fraction of sp³-hybridized carbons (Fsp3) is 0.118. The van der Waals surface area contributed by atoms with Gasteiger partial charge in [0.1, 0.15) is 0 Å². The van der Waals surface area contributed by atoms with Gasteiger partial charge in [0.25, 0.3) is 0 Å². The van der Waals surface area contributed by atoms with Crippen LogP contribution in [0.3, 0.4) is 0 Å². The zero-order valence-corrected chi connectivity index (χ0v) is 10.4. The van der Waals surface area contributed by atoms with Crippen LogP contribution >= 0.6 is 0 Å². The average molecular weight is 245 g/mol. The van der Waals surface area contributed by atoms with Crippen LogP contribution in [0.1, 0.15) is 22.7 Å². The zero-order chi connectivity index (χ0) is 12.7. The second kappa shape index (κ2) is 4.18. The van der Waals surface area contributed by atoms with Crippen molar-refractivity contribution in [3.05, 3.63) is 77.5 Å². The first-order valence-corrected chi connectivity index (χ1v) is 6.50. The lowest BCUT2D eigenvalue weighted by Crippen LogP contribution is -2.13. The predicted octanol–water partition coefficient (Wildman–Crippen LogP) is 3.23. The van der Waals surface area contributed by atoms with Crippen LogP contribution in [-0.2, 0) is 6.54 Å². The van der Waals surface area contributed by atoms with Gasteiger partial charge in [-0.25, -0.2) is 4.98 Å². The number of nitrogens with zero attached hydrogens (tertiary/aromatic N) is 1. The van der Waals surface area contributed by atoms with Gasteiger partial charge in [0.15, 0.2) is 0 Å². The summed E-state index contributed by atoms with van der Waals surface area (Å²) in [7, 11) is 0. The molecule has 1 unspecified atom stereocenters. The maximum atomic E-state index is 4.43. The fourth-order valence-corrected chi connectivity index (χ4v) is 2.76. The molecule has 0 aliphatic carbocycles. The number of rotatable bonds is 1. The maximum absolute atomic E-state index is 4.43. The summed E-state index contributed by atoms with van der Waals surface area (Å²) in [4.78, 5) is 4.43. The number of para-hydroxylation sites is 1. The third-order valence-corrected chi connectivity index (χ3v) is 3.73. The van der Waals surface area contributed by atoms with E-state index in [-0.39, 0.29) is 6.04 Å². The molecule has 0 fully saturated rings. The van der Waals surface area contributed by atoms with Gasteiger partial charge >= 0.3 is 0 Å². The van der Waals surface area contributed by atoms with Crippen molar-refractivity contribution in [2.45, 2.75) is 12.6 Å². The van der Waals surface area contributed by atoms with E-state index in [9.17, 15) is 0 Å². The van der Waals surface area contributed by atoms with E-state index < -0.39 is 0 Å². The lowest BCUT2D eigenvalue weighted by molar-refractivity contribution is 0.665. The fourth-order valence-electron chi connectivity index (χ4n) is 2.76. The van der Waals surface area contributed by atoms with E-state index in [2.05, 4.69) is 52.9 Å². The van der Waals surface area contributed by atoms with E-state index in [4.69, 9.17) is 0 Å². The smallest absolute Gasteiger partial charge is 0.0948 e. The molecule has 1 aromatic heterocycles. The Hall–Kier alpha value is -2.19. The van der Waals surface area contributed by atoms with Crippen molar-refractivity contribution in [3.8, 4) is 0 Å². The van der Waals surface area contributed by atoms with Crippen molar-refractivity contribution < 1.29 is 0 Å². The minimum Gasteiger partial charge on any atom is -0.302 e. The molecule has 2 nitrogen and oxygen atoms in total. The number of nitrogens with one attached hydrogen (secondary N) is 1. The van der Waals surface area contributed by atoms with Gasteiger partial charge in [0, 0.05) is 17.5 Å². The summed E-state index contributed by atoms with van der Waals surface area (Å²) in [6.07, 6.45) is 3.18. The topological polar surface area (TPSA) is 24.9 Å². The second-order valence-corrected chi connectivity index (χ2v) is 4.89. The number of pyridine rings is 1. The standard InChI is InChI=1S/C17H13N2/c1-3-7-15-13(6-1)10-19-17(15)14-9-12-5-2-4-8-16(12)18-11-14/h1-9,17,19H,10H2. The first kappa shape index (κ1) is 10.7. The maximum Gasteiger partial charge on any atom is 0.0948 e. The highest BCUT2D eigenvalue weighted by molar-refractivity contribution is 5.78. The van der Waals surface area contributed by atoms with Crippen molar-refractivity contribution in [2.24, 2.45) is 0 Å². The summed E-state index contributed by atoms with van der Waals surface area (Å²) in [6.45, 7) is 0.918. The van der Waals surface area contributed by atoms with E-state index in [0.29, 0.717) is 0 Å². The van der Waals surface area contributed by atoms with Gasteiger partial charge in [-0.1, -0.05) is 42.5 Å². The third kappa shape index (κ3) is 1.72. The molecule has 3 aromatic rings. The molecule has 0 spiro atoms. The molecule has 2 heteroatoms. The molecule has 19 heavy (non-hydrogen) atoms. The average Bonchev–Trinajstić information content (AvgIpc) is 2.91. The summed E-state index contributed by atoms with van der Waals surface area (Å²) in [5.74, 6) is 0. The highest BCUT2D eigenvalue weighted by atomic mass is 14.9. The van der Waals surface area contributed by atoms with Gasteiger partial charge in [0.05, 0.1) is 17.8 Å². The first-order chi connectivity index (χ1) is 9.42. The van der Waals surface area contributed by atoms with E-state index >= 15 is 0 Å². The van der Waals surface area contributed by atoms with Crippen LogP contribution in [0.15, 0.2) is 54.6 Å². The van der Waals surface area contributed by atoms with E-state index in [1.165, 1.54) is 16.5 Å². The highest BCUT2D eigenvalue weighted by Gasteiger charge is 2.23. The monoisotopic (exact) mass is 245 g/mol. The molecule has 1 atom stereocenters. The molecule has 0 amide bonds. The van der Waals surface area contributed by atoms with Gasteiger partial charge in [-0.15, -0.1) is 0 Å². The number of aromatic nitrogens is 1. The van der Waals surface area contributed by atoms with Crippen LogP contribution in [0.2, 0.25) is 0 Å². The third-order valence-electron chi connectivity index (χ3n) is 3.73. The van der Waals surface area contributed by atoms with E-state index in [0.717, 1.165) is 17.6 Å². The molecule has 91 valence electrons. The molecule has 1 N–H and O–H groups in total. The summed E-state index contributed by atoms with van der Waals surface area (Å²) < 4.78 is 0. The Kier molecular flexibility index (Phi) is 2.35. The van der Waals surface area contributed by atoms with Crippen molar-refractivity contribution in [2.75, 3.05) is 0 Å². The Morgan fingerprint density at radius 1 is 1.05 bits per heavy atom. The van der Waals surface area contributed by atoms with Gasteiger partial charge < -0.3 is 5.32 Å². The second-order valence-electron chi connectivity index (χ2n) is 4.89. The van der Waals surface area contributed by atoms with Crippen molar-refractivity contribution >= 4 is 10.9 Å². The van der Waals surface area contributed by atoms with Crippen molar-refractivity contribution in [3.63, 3.8) is 0 Å². The Bertz CT molecular complexity index is 749. The van der Waals surface area contributed by atoms with Crippen LogP contribution < -0.4 is 5.32 Å².